The minimum Gasteiger partial charge on any atom is -0.477 e. The maximum absolute atomic E-state index is 11.1. The first-order chi connectivity index (χ1) is 10.5. The van der Waals surface area contributed by atoms with Crippen LogP contribution in [-0.2, 0) is 9.59 Å². The molecule has 0 saturated carbocycles. The van der Waals surface area contributed by atoms with Crippen molar-refractivity contribution in [3.63, 3.8) is 0 Å². The van der Waals surface area contributed by atoms with E-state index in [4.69, 9.17) is 9.84 Å². The van der Waals surface area contributed by atoms with E-state index in [9.17, 15) is 9.59 Å². The van der Waals surface area contributed by atoms with E-state index in [2.05, 4.69) is 5.32 Å². The van der Waals surface area contributed by atoms with Crippen LogP contribution in [0.5, 0.6) is 11.5 Å². The first-order valence-electron chi connectivity index (χ1n) is 6.60. The minimum absolute atomic E-state index is 0.190. The summed E-state index contributed by atoms with van der Waals surface area (Å²) in [4.78, 5) is 22.1. The van der Waals surface area contributed by atoms with Crippen molar-refractivity contribution in [2.45, 2.75) is 6.92 Å². The number of carboxylic acids is 1. The minimum atomic E-state index is -1.20. The second-order valence-corrected chi connectivity index (χ2v) is 4.53. The third kappa shape index (κ3) is 4.49. The fraction of sp³-hybridized carbons (Fsp3) is 0.0588. The summed E-state index contributed by atoms with van der Waals surface area (Å²) in [5, 5.41) is 11.4. The lowest BCUT2D eigenvalue weighted by atomic mass is 10.2. The molecular formula is C17H15NO4. The average molecular weight is 297 g/mol. The third-order valence-electron chi connectivity index (χ3n) is 2.69. The van der Waals surface area contributed by atoms with E-state index in [0.717, 1.165) is 0 Å². The fourth-order valence-corrected chi connectivity index (χ4v) is 1.80. The molecule has 2 rings (SSSR count). The highest BCUT2D eigenvalue weighted by molar-refractivity contribution is 5.96. The van der Waals surface area contributed by atoms with E-state index in [1.165, 1.54) is 13.0 Å². The summed E-state index contributed by atoms with van der Waals surface area (Å²) < 4.78 is 5.68. The highest BCUT2D eigenvalue weighted by Gasteiger charge is 2.09. The number of carbonyl (C=O) groups is 2. The second kappa shape index (κ2) is 7.08. The molecule has 0 unspecified atom stereocenters. The number of ether oxygens (including phenoxy) is 1. The van der Waals surface area contributed by atoms with Crippen molar-refractivity contribution in [1.29, 1.82) is 0 Å². The maximum atomic E-state index is 11.1. The Bertz CT molecular complexity index is 708. The van der Waals surface area contributed by atoms with Gasteiger partial charge in [0.2, 0.25) is 5.91 Å². The number of aliphatic carboxylic acids is 1. The number of rotatable bonds is 5. The molecule has 0 fully saturated rings. The predicted molar refractivity (Wildman–Crippen MR) is 82.4 cm³/mol. The van der Waals surface area contributed by atoms with Crippen LogP contribution in [0.2, 0.25) is 0 Å². The highest BCUT2D eigenvalue weighted by atomic mass is 16.5. The van der Waals surface area contributed by atoms with E-state index >= 15 is 0 Å². The highest BCUT2D eigenvalue weighted by Crippen LogP contribution is 2.22. The summed E-state index contributed by atoms with van der Waals surface area (Å²) >= 11 is 0. The smallest absolute Gasteiger partial charge is 0.352 e. The molecule has 0 atom stereocenters. The standard InChI is InChI=1S/C17H15NO4/c1-12(19)18-16(17(20)21)11-13-6-5-9-15(10-13)22-14-7-3-2-4-8-14/h2-11H,1H3,(H,18,19)(H,20,21)/b16-11-. The van der Waals surface area contributed by atoms with Crippen LogP contribution < -0.4 is 10.1 Å². The number of nitrogens with one attached hydrogen (secondary N) is 1. The predicted octanol–water partition coefficient (Wildman–Crippen LogP) is 3.04. The van der Waals surface area contributed by atoms with Crippen LogP contribution in [0.4, 0.5) is 0 Å². The summed E-state index contributed by atoms with van der Waals surface area (Å²) in [5.74, 6) is -0.383. The van der Waals surface area contributed by atoms with Crippen LogP contribution in [0.25, 0.3) is 6.08 Å². The van der Waals surface area contributed by atoms with Gasteiger partial charge in [0.25, 0.3) is 0 Å². The van der Waals surface area contributed by atoms with E-state index < -0.39 is 11.9 Å². The SMILES string of the molecule is CC(=O)N/C(=C\c1cccc(Oc2ccccc2)c1)C(=O)O. The molecule has 0 heterocycles. The van der Waals surface area contributed by atoms with E-state index in [1.807, 2.05) is 30.3 Å². The molecule has 22 heavy (non-hydrogen) atoms. The Morgan fingerprint density at radius 2 is 1.73 bits per heavy atom. The van der Waals surface area contributed by atoms with Gasteiger partial charge in [-0.2, -0.15) is 0 Å². The van der Waals surface area contributed by atoms with Crippen LogP contribution in [0.1, 0.15) is 12.5 Å². The molecule has 1 amide bonds. The quantitative estimate of drug-likeness (QED) is 0.832. The first-order valence-corrected chi connectivity index (χ1v) is 6.60. The molecule has 2 N–H and O–H groups in total. The molecule has 5 nitrogen and oxygen atoms in total. The van der Waals surface area contributed by atoms with Gasteiger partial charge in [-0.15, -0.1) is 0 Å². The molecule has 2 aromatic carbocycles. The van der Waals surface area contributed by atoms with Crippen molar-refractivity contribution < 1.29 is 19.4 Å². The molecule has 0 saturated heterocycles. The van der Waals surface area contributed by atoms with E-state index in [0.29, 0.717) is 17.1 Å². The third-order valence-corrected chi connectivity index (χ3v) is 2.69. The molecule has 0 aliphatic rings. The Hall–Kier alpha value is -3.08. The van der Waals surface area contributed by atoms with Gasteiger partial charge in [0.1, 0.15) is 17.2 Å². The largest absolute Gasteiger partial charge is 0.477 e. The molecule has 5 heteroatoms. The monoisotopic (exact) mass is 297 g/mol. The number of para-hydroxylation sites is 1. The summed E-state index contributed by atoms with van der Waals surface area (Å²) in [6, 6.07) is 16.2. The van der Waals surface area contributed by atoms with Gasteiger partial charge in [0.15, 0.2) is 0 Å². The van der Waals surface area contributed by atoms with Crippen LogP contribution >= 0.6 is 0 Å². The molecule has 0 aromatic heterocycles. The van der Waals surface area contributed by atoms with Gasteiger partial charge in [-0.1, -0.05) is 30.3 Å². The van der Waals surface area contributed by atoms with Crippen molar-refractivity contribution in [2.75, 3.05) is 0 Å². The van der Waals surface area contributed by atoms with E-state index in [-0.39, 0.29) is 5.70 Å². The second-order valence-electron chi connectivity index (χ2n) is 4.53. The lowest BCUT2D eigenvalue weighted by Gasteiger charge is -2.07. The number of hydrogen-bond acceptors (Lipinski definition) is 3. The zero-order valence-corrected chi connectivity index (χ0v) is 11.9. The van der Waals surface area contributed by atoms with Crippen molar-refractivity contribution in [2.24, 2.45) is 0 Å². The van der Waals surface area contributed by atoms with E-state index in [1.54, 1.807) is 24.3 Å². The normalized spacial score (nSPS) is 10.9. The summed E-state index contributed by atoms with van der Waals surface area (Å²) in [5.41, 5.74) is 0.420. The van der Waals surface area contributed by atoms with Gasteiger partial charge in [-0.25, -0.2) is 4.79 Å². The molecule has 2 aromatic rings. The lowest BCUT2D eigenvalue weighted by Crippen LogP contribution is -2.24. The van der Waals surface area contributed by atoms with Crippen molar-refractivity contribution >= 4 is 18.0 Å². The van der Waals surface area contributed by atoms with Gasteiger partial charge >= 0.3 is 5.97 Å². The molecule has 0 radical (unpaired) electrons. The van der Waals surface area contributed by atoms with Crippen molar-refractivity contribution in [3.05, 3.63) is 65.9 Å². The van der Waals surface area contributed by atoms with Gasteiger partial charge in [-0.3, -0.25) is 4.79 Å². The molecule has 0 aliphatic carbocycles. The number of amides is 1. The Morgan fingerprint density at radius 1 is 1.05 bits per heavy atom. The number of carbonyl (C=O) groups excluding carboxylic acids is 1. The fourth-order valence-electron chi connectivity index (χ4n) is 1.80. The van der Waals surface area contributed by atoms with Crippen LogP contribution in [0, 0.1) is 0 Å². The summed E-state index contributed by atoms with van der Waals surface area (Å²) in [7, 11) is 0. The Kier molecular flexibility index (Phi) is 4.93. The van der Waals surface area contributed by atoms with Gasteiger partial charge in [0, 0.05) is 6.92 Å². The molecule has 0 spiro atoms. The van der Waals surface area contributed by atoms with Crippen molar-refractivity contribution in [1.82, 2.24) is 5.32 Å². The van der Waals surface area contributed by atoms with Crippen LogP contribution in [0.3, 0.4) is 0 Å². The Balaban J connectivity index is 2.23. The van der Waals surface area contributed by atoms with Crippen LogP contribution in [-0.4, -0.2) is 17.0 Å². The first kappa shape index (κ1) is 15.3. The average Bonchev–Trinajstić information content (AvgIpc) is 2.47. The van der Waals surface area contributed by atoms with Crippen LogP contribution in [0.15, 0.2) is 60.3 Å². The number of carboxylic acid groups (broad SMARTS) is 1. The Labute approximate surface area is 127 Å². The Morgan fingerprint density at radius 3 is 2.36 bits per heavy atom. The van der Waals surface area contributed by atoms with Gasteiger partial charge in [0.05, 0.1) is 0 Å². The van der Waals surface area contributed by atoms with Crippen molar-refractivity contribution in [3.8, 4) is 11.5 Å². The molecule has 0 aliphatic heterocycles. The zero-order valence-electron chi connectivity index (χ0n) is 11.9. The zero-order chi connectivity index (χ0) is 15.9. The van der Waals surface area contributed by atoms with Gasteiger partial charge < -0.3 is 15.2 Å². The maximum Gasteiger partial charge on any atom is 0.352 e. The molecule has 0 bridgehead atoms. The summed E-state index contributed by atoms with van der Waals surface area (Å²) in [6.07, 6.45) is 1.38. The summed E-state index contributed by atoms with van der Waals surface area (Å²) in [6.45, 7) is 1.26. The molecule has 112 valence electrons. The van der Waals surface area contributed by atoms with Gasteiger partial charge in [-0.05, 0) is 35.9 Å². The lowest BCUT2D eigenvalue weighted by molar-refractivity contribution is -0.134. The number of hydrogen-bond donors (Lipinski definition) is 2. The number of benzene rings is 2. The topological polar surface area (TPSA) is 75.6 Å². The molecular weight excluding hydrogens is 282 g/mol.